The average molecular weight is 391 g/mol. The molecule has 0 fully saturated rings. The van der Waals surface area contributed by atoms with Crippen LogP contribution in [-0.2, 0) is 16.6 Å². The minimum Gasteiger partial charge on any atom is -0.485 e. The molecule has 2 aromatic rings. The Labute approximate surface area is 166 Å². The van der Waals surface area contributed by atoms with Gasteiger partial charge in [0.2, 0.25) is 6.10 Å². The van der Waals surface area contributed by atoms with Gasteiger partial charge in [-0.15, -0.1) is 12.4 Å². The highest BCUT2D eigenvalue weighted by Gasteiger charge is 2.29. The van der Waals surface area contributed by atoms with E-state index in [-0.39, 0.29) is 36.4 Å². The SMILES string of the molecule is CC(Cc1ccccn1)NC(=O)C1COc2cc(C(C)(C)C)ccc2O1.Cl. The number of fused-ring (bicyclic) bond motifs is 1. The van der Waals surface area contributed by atoms with Crippen LogP contribution >= 0.6 is 12.4 Å². The van der Waals surface area contributed by atoms with Crippen LogP contribution in [0.1, 0.15) is 39.0 Å². The molecule has 3 rings (SSSR count). The first-order valence-corrected chi connectivity index (χ1v) is 8.97. The van der Waals surface area contributed by atoms with Crippen LogP contribution in [0, 0.1) is 0 Å². The summed E-state index contributed by atoms with van der Waals surface area (Å²) in [4.78, 5) is 16.8. The van der Waals surface area contributed by atoms with Gasteiger partial charge in [-0.2, -0.15) is 0 Å². The van der Waals surface area contributed by atoms with Gasteiger partial charge in [0.05, 0.1) is 0 Å². The molecule has 1 aromatic carbocycles. The van der Waals surface area contributed by atoms with E-state index in [1.165, 1.54) is 5.56 Å². The van der Waals surface area contributed by atoms with Gasteiger partial charge in [0.1, 0.15) is 6.61 Å². The Hall–Kier alpha value is -2.27. The fourth-order valence-electron chi connectivity index (χ4n) is 2.89. The Kier molecular flexibility index (Phi) is 6.71. The Morgan fingerprint density at radius 2 is 2.04 bits per heavy atom. The number of halogens is 1. The quantitative estimate of drug-likeness (QED) is 0.864. The summed E-state index contributed by atoms with van der Waals surface area (Å²) in [5, 5.41) is 2.98. The molecule has 146 valence electrons. The number of nitrogens with zero attached hydrogens (tertiary/aromatic N) is 1. The second-order valence-corrected chi connectivity index (χ2v) is 7.76. The number of carbonyl (C=O) groups is 1. The van der Waals surface area contributed by atoms with E-state index in [0.717, 1.165) is 5.69 Å². The third-order valence-corrected chi connectivity index (χ3v) is 4.39. The standard InChI is InChI=1S/C21H26N2O3.ClH/c1-14(11-16-7-5-6-10-22-16)23-20(24)19-13-25-18-12-15(21(2,3)4)8-9-17(18)26-19;/h5-10,12,14,19H,11,13H2,1-4H3,(H,23,24);1H. The Balaban J connectivity index is 0.00000261. The van der Waals surface area contributed by atoms with Gasteiger partial charge in [0.25, 0.3) is 5.91 Å². The third kappa shape index (κ3) is 5.36. The van der Waals surface area contributed by atoms with Gasteiger partial charge in [-0.3, -0.25) is 9.78 Å². The second kappa shape index (κ2) is 8.61. The Morgan fingerprint density at radius 3 is 2.70 bits per heavy atom. The zero-order valence-electron chi connectivity index (χ0n) is 16.2. The number of hydrogen-bond acceptors (Lipinski definition) is 4. The summed E-state index contributed by atoms with van der Waals surface area (Å²) < 4.78 is 11.7. The molecule has 27 heavy (non-hydrogen) atoms. The van der Waals surface area contributed by atoms with E-state index in [1.807, 2.05) is 43.3 Å². The predicted octanol–water partition coefficient (Wildman–Crippen LogP) is 3.69. The lowest BCUT2D eigenvalue weighted by Crippen LogP contribution is -2.47. The van der Waals surface area contributed by atoms with Gasteiger partial charge in [0, 0.05) is 24.4 Å². The Bertz CT molecular complexity index is 775. The highest BCUT2D eigenvalue weighted by molar-refractivity contribution is 5.85. The highest BCUT2D eigenvalue weighted by Crippen LogP contribution is 2.36. The van der Waals surface area contributed by atoms with Crippen molar-refractivity contribution >= 4 is 18.3 Å². The van der Waals surface area contributed by atoms with Crippen molar-refractivity contribution in [3.05, 3.63) is 53.9 Å². The van der Waals surface area contributed by atoms with Crippen molar-refractivity contribution in [2.24, 2.45) is 0 Å². The molecule has 1 aliphatic heterocycles. The van der Waals surface area contributed by atoms with Crippen molar-refractivity contribution < 1.29 is 14.3 Å². The fraction of sp³-hybridized carbons (Fsp3) is 0.429. The number of nitrogens with one attached hydrogen (secondary N) is 1. The summed E-state index contributed by atoms with van der Waals surface area (Å²) in [5.74, 6) is 1.14. The molecule has 1 aromatic heterocycles. The first kappa shape index (κ1) is 21.0. The number of aromatic nitrogens is 1. The molecule has 0 bridgehead atoms. The summed E-state index contributed by atoms with van der Waals surface area (Å²) in [6.45, 7) is 8.62. The van der Waals surface area contributed by atoms with Gasteiger partial charge in [-0.1, -0.05) is 32.9 Å². The predicted molar refractivity (Wildman–Crippen MR) is 108 cm³/mol. The maximum Gasteiger partial charge on any atom is 0.264 e. The van der Waals surface area contributed by atoms with Crippen molar-refractivity contribution in [3.8, 4) is 11.5 Å². The molecule has 1 aliphatic rings. The van der Waals surface area contributed by atoms with Crippen molar-refractivity contribution in [1.29, 1.82) is 0 Å². The molecular weight excluding hydrogens is 364 g/mol. The second-order valence-electron chi connectivity index (χ2n) is 7.76. The van der Waals surface area contributed by atoms with E-state index in [0.29, 0.717) is 17.9 Å². The summed E-state index contributed by atoms with van der Waals surface area (Å²) in [6.07, 6.45) is 1.78. The molecule has 1 amide bonds. The molecule has 2 heterocycles. The molecule has 1 N–H and O–H groups in total. The minimum absolute atomic E-state index is 0. The molecule has 0 spiro atoms. The molecule has 0 saturated heterocycles. The average Bonchev–Trinajstić information content (AvgIpc) is 2.60. The van der Waals surface area contributed by atoms with Crippen LogP contribution < -0.4 is 14.8 Å². The van der Waals surface area contributed by atoms with Crippen LogP contribution in [0.5, 0.6) is 11.5 Å². The number of carbonyl (C=O) groups excluding carboxylic acids is 1. The zero-order chi connectivity index (χ0) is 18.7. The molecule has 2 atom stereocenters. The van der Waals surface area contributed by atoms with E-state index >= 15 is 0 Å². The number of pyridine rings is 1. The van der Waals surface area contributed by atoms with Gasteiger partial charge in [-0.05, 0) is 42.2 Å². The van der Waals surface area contributed by atoms with Crippen LogP contribution in [0.4, 0.5) is 0 Å². The number of rotatable bonds is 4. The summed E-state index contributed by atoms with van der Waals surface area (Å²) >= 11 is 0. The van der Waals surface area contributed by atoms with Crippen LogP contribution in [-0.4, -0.2) is 29.6 Å². The monoisotopic (exact) mass is 390 g/mol. The van der Waals surface area contributed by atoms with Gasteiger partial charge in [-0.25, -0.2) is 0 Å². The molecule has 6 heteroatoms. The molecule has 5 nitrogen and oxygen atoms in total. The number of ether oxygens (including phenoxy) is 2. The molecule has 0 radical (unpaired) electrons. The number of amides is 1. The maximum atomic E-state index is 12.5. The van der Waals surface area contributed by atoms with Crippen LogP contribution in [0.25, 0.3) is 0 Å². The molecule has 2 unspecified atom stereocenters. The molecule has 0 saturated carbocycles. The van der Waals surface area contributed by atoms with Gasteiger partial charge in [0.15, 0.2) is 11.5 Å². The molecule has 0 aliphatic carbocycles. The van der Waals surface area contributed by atoms with E-state index in [1.54, 1.807) is 6.20 Å². The van der Waals surface area contributed by atoms with E-state index in [2.05, 4.69) is 31.1 Å². The lowest BCUT2D eigenvalue weighted by Gasteiger charge is -2.28. The van der Waals surface area contributed by atoms with Gasteiger partial charge >= 0.3 is 0 Å². The van der Waals surface area contributed by atoms with Crippen molar-refractivity contribution in [3.63, 3.8) is 0 Å². The van der Waals surface area contributed by atoms with E-state index in [4.69, 9.17) is 9.47 Å². The fourth-order valence-corrected chi connectivity index (χ4v) is 2.89. The van der Waals surface area contributed by atoms with Crippen LogP contribution in [0.15, 0.2) is 42.6 Å². The number of benzene rings is 1. The first-order valence-electron chi connectivity index (χ1n) is 8.97. The van der Waals surface area contributed by atoms with E-state index < -0.39 is 6.10 Å². The van der Waals surface area contributed by atoms with Crippen LogP contribution in [0.3, 0.4) is 0 Å². The van der Waals surface area contributed by atoms with Crippen molar-refractivity contribution in [2.75, 3.05) is 6.61 Å². The van der Waals surface area contributed by atoms with Crippen LogP contribution in [0.2, 0.25) is 0 Å². The highest BCUT2D eigenvalue weighted by atomic mass is 35.5. The van der Waals surface area contributed by atoms with Crippen molar-refractivity contribution in [2.45, 2.75) is 51.7 Å². The normalized spacial score (nSPS) is 16.8. The topological polar surface area (TPSA) is 60.5 Å². The largest absolute Gasteiger partial charge is 0.485 e. The first-order chi connectivity index (χ1) is 12.3. The van der Waals surface area contributed by atoms with Gasteiger partial charge < -0.3 is 14.8 Å². The van der Waals surface area contributed by atoms with Crippen molar-refractivity contribution in [1.82, 2.24) is 10.3 Å². The minimum atomic E-state index is -0.644. The van der Waals surface area contributed by atoms with E-state index in [9.17, 15) is 4.79 Å². The maximum absolute atomic E-state index is 12.5. The lowest BCUT2D eigenvalue weighted by molar-refractivity contribution is -0.131. The third-order valence-electron chi connectivity index (χ3n) is 4.39. The number of hydrogen-bond donors (Lipinski definition) is 1. The molecular formula is C21H27ClN2O3. The summed E-state index contributed by atoms with van der Waals surface area (Å²) in [6, 6.07) is 11.6. The lowest BCUT2D eigenvalue weighted by atomic mass is 9.87. The zero-order valence-corrected chi connectivity index (χ0v) is 17.0. The Morgan fingerprint density at radius 1 is 1.26 bits per heavy atom. The smallest absolute Gasteiger partial charge is 0.264 e. The summed E-state index contributed by atoms with van der Waals surface area (Å²) in [5.41, 5.74) is 2.15. The summed E-state index contributed by atoms with van der Waals surface area (Å²) in [7, 11) is 0.